The monoisotopic (exact) mass is 260 g/mol. The quantitative estimate of drug-likeness (QED) is 0.815. The Labute approximate surface area is 109 Å². The van der Waals surface area contributed by atoms with Gasteiger partial charge >= 0.3 is 0 Å². The van der Waals surface area contributed by atoms with Gasteiger partial charge in [-0.2, -0.15) is 0 Å². The molecule has 1 heterocycles. The number of halogens is 1. The fourth-order valence-corrected chi connectivity index (χ4v) is 1.93. The first-order valence-electron chi connectivity index (χ1n) is 5.94. The maximum atomic E-state index is 13.1. The Bertz CT molecular complexity index is 616. The highest BCUT2D eigenvalue weighted by atomic mass is 19.1. The Morgan fingerprint density at radius 1 is 1.05 bits per heavy atom. The van der Waals surface area contributed by atoms with Crippen LogP contribution < -0.4 is 20.5 Å². The topological polar surface area (TPSA) is 56.5 Å². The highest BCUT2D eigenvalue weighted by Crippen LogP contribution is 2.38. The average molecular weight is 260 g/mol. The van der Waals surface area contributed by atoms with Crippen molar-refractivity contribution < 1.29 is 13.9 Å². The third-order valence-electron chi connectivity index (χ3n) is 2.82. The molecule has 0 amide bonds. The summed E-state index contributed by atoms with van der Waals surface area (Å²) in [7, 11) is 0. The van der Waals surface area contributed by atoms with Crippen LogP contribution in [0.25, 0.3) is 0 Å². The number of nitrogen functional groups attached to an aromatic ring is 1. The molecule has 2 aromatic carbocycles. The number of hydrogen-bond acceptors (Lipinski definition) is 4. The molecule has 0 saturated carbocycles. The summed E-state index contributed by atoms with van der Waals surface area (Å²) in [5.74, 6) is 0.967. The number of benzene rings is 2. The number of nitrogens with one attached hydrogen (secondary N) is 1. The molecule has 0 aromatic heterocycles. The number of anilines is 3. The van der Waals surface area contributed by atoms with Crippen molar-refractivity contribution >= 4 is 17.1 Å². The van der Waals surface area contributed by atoms with E-state index in [0.29, 0.717) is 41.8 Å². The van der Waals surface area contributed by atoms with Crippen LogP contribution in [0.1, 0.15) is 0 Å². The number of fused-ring (bicyclic) bond motifs is 1. The molecule has 0 atom stereocenters. The van der Waals surface area contributed by atoms with Crippen LogP contribution in [0.4, 0.5) is 21.5 Å². The zero-order valence-electron chi connectivity index (χ0n) is 10.2. The first-order chi connectivity index (χ1) is 9.22. The molecule has 0 fully saturated rings. The van der Waals surface area contributed by atoms with Crippen molar-refractivity contribution in [3.8, 4) is 11.5 Å². The minimum atomic E-state index is -0.305. The van der Waals surface area contributed by atoms with E-state index in [9.17, 15) is 4.39 Å². The second-order valence-electron chi connectivity index (χ2n) is 4.22. The third-order valence-corrected chi connectivity index (χ3v) is 2.82. The van der Waals surface area contributed by atoms with Gasteiger partial charge in [0, 0.05) is 17.8 Å². The van der Waals surface area contributed by atoms with Crippen molar-refractivity contribution in [3.05, 3.63) is 42.2 Å². The van der Waals surface area contributed by atoms with Crippen molar-refractivity contribution in [3.63, 3.8) is 0 Å². The first-order valence-corrected chi connectivity index (χ1v) is 5.94. The predicted molar refractivity (Wildman–Crippen MR) is 71.5 cm³/mol. The Hall–Kier alpha value is -2.43. The largest absolute Gasteiger partial charge is 0.486 e. The molecule has 0 radical (unpaired) electrons. The molecule has 3 N–H and O–H groups in total. The molecular formula is C14H13FN2O2. The predicted octanol–water partition coefficient (Wildman–Crippen LogP) is 2.92. The molecule has 0 bridgehead atoms. The SMILES string of the molecule is Nc1cc2c(cc1Nc1cccc(F)c1)OCCO2. The molecule has 1 aliphatic heterocycles. The van der Waals surface area contributed by atoms with Gasteiger partial charge in [0.15, 0.2) is 11.5 Å². The summed E-state index contributed by atoms with van der Waals surface area (Å²) in [6, 6.07) is 9.64. The molecule has 3 rings (SSSR count). The van der Waals surface area contributed by atoms with Crippen molar-refractivity contribution in [2.24, 2.45) is 0 Å². The Morgan fingerprint density at radius 2 is 1.79 bits per heavy atom. The number of nitrogens with two attached hydrogens (primary N) is 1. The van der Waals surface area contributed by atoms with E-state index in [4.69, 9.17) is 15.2 Å². The summed E-state index contributed by atoms with van der Waals surface area (Å²) >= 11 is 0. The summed E-state index contributed by atoms with van der Waals surface area (Å²) in [5, 5.41) is 3.06. The van der Waals surface area contributed by atoms with Gasteiger partial charge in [0.05, 0.1) is 11.4 Å². The lowest BCUT2D eigenvalue weighted by Crippen LogP contribution is -2.15. The molecule has 98 valence electrons. The van der Waals surface area contributed by atoms with Crippen LogP contribution in [0.5, 0.6) is 11.5 Å². The maximum absolute atomic E-state index is 13.1. The van der Waals surface area contributed by atoms with Crippen LogP contribution >= 0.6 is 0 Å². The Balaban J connectivity index is 1.92. The van der Waals surface area contributed by atoms with E-state index in [1.165, 1.54) is 12.1 Å². The van der Waals surface area contributed by atoms with Crippen molar-refractivity contribution in [1.29, 1.82) is 0 Å². The zero-order valence-corrected chi connectivity index (χ0v) is 10.2. The van der Waals surface area contributed by atoms with E-state index in [0.717, 1.165) is 0 Å². The smallest absolute Gasteiger partial charge is 0.163 e. The van der Waals surface area contributed by atoms with Crippen molar-refractivity contribution in [1.82, 2.24) is 0 Å². The van der Waals surface area contributed by atoms with E-state index in [1.807, 2.05) is 0 Å². The van der Waals surface area contributed by atoms with Crippen LogP contribution in [-0.2, 0) is 0 Å². The molecule has 0 aliphatic carbocycles. The van der Waals surface area contributed by atoms with Crippen molar-refractivity contribution in [2.75, 3.05) is 24.3 Å². The highest BCUT2D eigenvalue weighted by molar-refractivity contribution is 5.76. The van der Waals surface area contributed by atoms with E-state index >= 15 is 0 Å². The molecule has 2 aromatic rings. The van der Waals surface area contributed by atoms with Gasteiger partial charge in [0.1, 0.15) is 19.0 Å². The normalized spacial score (nSPS) is 13.1. The van der Waals surface area contributed by atoms with Crippen LogP contribution in [0.2, 0.25) is 0 Å². The Morgan fingerprint density at radius 3 is 2.53 bits per heavy atom. The molecule has 19 heavy (non-hydrogen) atoms. The van der Waals surface area contributed by atoms with E-state index in [2.05, 4.69) is 5.32 Å². The zero-order chi connectivity index (χ0) is 13.2. The van der Waals surface area contributed by atoms with Gasteiger partial charge in [-0.15, -0.1) is 0 Å². The lowest BCUT2D eigenvalue weighted by atomic mass is 10.2. The van der Waals surface area contributed by atoms with E-state index in [-0.39, 0.29) is 5.82 Å². The van der Waals surface area contributed by atoms with Gasteiger partial charge in [0.2, 0.25) is 0 Å². The number of rotatable bonds is 2. The second-order valence-corrected chi connectivity index (χ2v) is 4.22. The fraction of sp³-hybridized carbons (Fsp3) is 0.143. The summed E-state index contributed by atoms with van der Waals surface area (Å²) < 4.78 is 24.0. The van der Waals surface area contributed by atoms with Crippen LogP contribution in [0.15, 0.2) is 36.4 Å². The molecule has 5 heteroatoms. The third kappa shape index (κ3) is 2.40. The van der Waals surface area contributed by atoms with Crippen molar-refractivity contribution in [2.45, 2.75) is 0 Å². The van der Waals surface area contributed by atoms with Gasteiger partial charge in [-0.05, 0) is 18.2 Å². The van der Waals surface area contributed by atoms with Crippen LogP contribution in [0.3, 0.4) is 0 Å². The first kappa shape index (κ1) is 11.6. The molecule has 0 spiro atoms. The van der Waals surface area contributed by atoms with Gasteiger partial charge < -0.3 is 20.5 Å². The lowest BCUT2D eigenvalue weighted by molar-refractivity contribution is 0.172. The molecule has 1 aliphatic rings. The molecule has 4 nitrogen and oxygen atoms in total. The average Bonchev–Trinajstić information content (AvgIpc) is 2.40. The summed E-state index contributed by atoms with van der Waals surface area (Å²) in [5.41, 5.74) is 7.75. The molecule has 0 saturated heterocycles. The lowest BCUT2D eigenvalue weighted by Gasteiger charge is -2.20. The summed E-state index contributed by atoms with van der Waals surface area (Å²) in [6.45, 7) is 1.03. The standard InChI is InChI=1S/C14H13FN2O2/c15-9-2-1-3-10(6-9)17-12-8-14-13(7-11(12)16)18-4-5-19-14/h1-3,6-8,17H,4-5,16H2. The maximum Gasteiger partial charge on any atom is 0.163 e. The number of ether oxygens (including phenoxy) is 2. The van der Waals surface area contributed by atoms with E-state index in [1.54, 1.807) is 24.3 Å². The minimum absolute atomic E-state index is 0.305. The second kappa shape index (κ2) is 4.68. The van der Waals surface area contributed by atoms with E-state index < -0.39 is 0 Å². The van der Waals surface area contributed by atoms with Gasteiger partial charge in [-0.1, -0.05) is 6.07 Å². The van der Waals surface area contributed by atoms with Gasteiger partial charge in [-0.25, -0.2) is 4.39 Å². The summed E-state index contributed by atoms with van der Waals surface area (Å²) in [4.78, 5) is 0. The van der Waals surface area contributed by atoms with Crippen LogP contribution in [0, 0.1) is 5.82 Å². The minimum Gasteiger partial charge on any atom is -0.486 e. The fourth-order valence-electron chi connectivity index (χ4n) is 1.93. The molecule has 0 unspecified atom stereocenters. The summed E-state index contributed by atoms with van der Waals surface area (Å²) in [6.07, 6.45) is 0. The highest BCUT2D eigenvalue weighted by Gasteiger charge is 2.14. The van der Waals surface area contributed by atoms with Gasteiger partial charge in [-0.3, -0.25) is 0 Å². The van der Waals surface area contributed by atoms with Crippen LogP contribution in [-0.4, -0.2) is 13.2 Å². The van der Waals surface area contributed by atoms with Gasteiger partial charge in [0.25, 0.3) is 0 Å². The number of hydrogen-bond donors (Lipinski definition) is 2. The molecular weight excluding hydrogens is 247 g/mol. The Kier molecular flexibility index (Phi) is 2.87.